The van der Waals surface area contributed by atoms with Gasteiger partial charge in [-0.15, -0.1) is 0 Å². The Bertz CT molecular complexity index is 807. The average Bonchev–Trinajstić information content (AvgIpc) is 2.92. The van der Waals surface area contributed by atoms with Crippen molar-refractivity contribution in [3.05, 3.63) is 24.3 Å². The maximum atomic E-state index is 10.5. The Morgan fingerprint density at radius 2 is 0.718 bits per heavy atom. The fraction of sp³-hybridized carbons (Fsp3) is 0.625. The number of ether oxygens (including phenoxy) is 4. The van der Waals surface area contributed by atoms with Crippen molar-refractivity contribution >= 4 is 11.8 Å². The molecule has 2 N–H and O–H groups in total. The van der Waals surface area contributed by atoms with Gasteiger partial charge in [0, 0.05) is 24.3 Å². The summed E-state index contributed by atoms with van der Waals surface area (Å²) in [5.74, 6) is 2.50. The summed E-state index contributed by atoms with van der Waals surface area (Å²) in [5, 5.41) is 21.0. The molecule has 0 aromatic heterocycles. The minimum atomic E-state index is 0.105. The lowest BCUT2D eigenvalue weighted by Crippen LogP contribution is -2.04. The van der Waals surface area contributed by atoms with Gasteiger partial charge in [0.25, 0.3) is 0 Å². The van der Waals surface area contributed by atoms with Crippen molar-refractivity contribution in [2.45, 2.75) is 115 Å². The molecule has 2 aromatic rings. The summed E-state index contributed by atoms with van der Waals surface area (Å²) in [6.07, 6.45) is 12.4. The van der Waals surface area contributed by atoms with E-state index < -0.39 is 0 Å². The molecular weight excluding hydrogens is 512 g/mol. The third-order valence-electron chi connectivity index (χ3n) is 6.24. The lowest BCUT2D eigenvalue weighted by molar-refractivity contribution is 0.273. The van der Waals surface area contributed by atoms with Crippen molar-refractivity contribution in [1.82, 2.24) is 0 Å². The fourth-order valence-electron chi connectivity index (χ4n) is 3.99. The van der Waals surface area contributed by atoms with E-state index in [0.29, 0.717) is 49.4 Å². The van der Waals surface area contributed by atoms with E-state index in [-0.39, 0.29) is 11.5 Å². The van der Waals surface area contributed by atoms with E-state index in [4.69, 9.17) is 18.9 Å². The second-order valence-electron chi connectivity index (χ2n) is 9.87. The quantitative estimate of drug-likeness (QED) is 0.138. The maximum absolute atomic E-state index is 10.5. The minimum Gasteiger partial charge on any atom is -0.508 e. The molecule has 0 saturated heterocycles. The van der Waals surface area contributed by atoms with Crippen molar-refractivity contribution in [3.63, 3.8) is 0 Å². The summed E-state index contributed by atoms with van der Waals surface area (Å²) in [6, 6.07) is 6.60. The van der Waals surface area contributed by atoms with Gasteiger partial charge in [0.1, 0.15) is 34.5 Å². The van der Waals surface area contributed by atoms with Gasteiger partial charge in [0.05, 0.1) is 36.2 Å². The highest BCUT2D eigenvalue weighted by Gasteiger charge is 2.22. The van der Waals surface area contributed by atoms with Crippen LogP contribution in [0.1, 0.15) is 105 Å². The van der Waals surface area contributed by atoms with Crippen LogP contribution < -0.4 is 18.9 Å². The van der Waals surface area contributed by atoms with E-state index >= 15 is 0 Å². The van der Waals surface area contributed by atoms with E-state index in [2.05, 4.69) is 27.7 Å². The van der Waals surface area contributed by atoms with Crippen LogP contribution in [0.5, 0.6) is 34.5 Å². The fourth-order valence-corrected chi connectivity index (χ4v) is 5.07. The molecule has 0 heterocycles. The molecule has 0 radical (unpaired) electrons. The number of phenols is 2. The highest BCUT2D eigenvalue weighted by Crippen LogP contribution is 2.51. The van der Waals surface area contributed by atoms with Gasteiger partial charge in [-0.1, -0.05) is 90.8 Å². The number of hydrogen-bond acceptors (Lipinski definition) is 7. The monoisotopic (exact) mass is 562 g/mol. The first-order valence-corrected chi connectivity index (χ1v) is 15.8. The number of phenolic OH excluding ortho intramolecular Hbond substituents is 2. The highest BCUT2D eigenvalue weighted by atomic mass is 32.2. The van der Waals surface area contributed by atoms with E-state index in [1.165, 1.54) is 11.8 Å². The number of aromatic hydroxyl groups is 2. The smallest absolute Gasteiger partial charge is 0.140 e. The Balaban J connectivity index is 2.48. The third-order valence-corrected chi connectivity index (χ3v) is 7.45. The molecule has 7 heteroatoms. The van der Waals surface area contributed by atoms with Crippen LogP contribution in [0.4, 0.5) is 0 Å². The van der Waals surface area contributed by atoms with Crippen LogP contribution in [0.25, 0.3) is 0 Å². The number of rotatable bonds is 22. The largest absolute Gasteiger partial charge is 0.508 e. The lowest BCUT2D eigenvalue weighted by Gasteiger charge is -2.20. The molecule has 0 amide bonds. The van der Waals surface area contributed by atoms with Crippen LogP contribution in [0, 0.1) is 0 Å². The van der Waals surface area contributed by atoms with Gasteiger partial charge in [-0.25, -0.2) is 0 Å². The number of benzene rings is 2. The Morgan fingerprint density at radius 1 is 0.462 bits per heavy atom. The van der Waals surface area contributed by atoms with Crippen LogP contribution in [0.15, 0.2) is 34.1 Å². The van der Waals surface area contributed by atoms with Crippen LogP contribution in [-0.4, -0.2) is 36.6 Å². The Labute approximate surface area is 240 Å². The standard InChI is InChI=1S/C32H50O6S/c1-5-9-13-17-35-27-21-25(33)22-28(36-18-14-10-6-2)31(27)39-32-29(37-19-15-11-7-3)23-26(34)24-30(32)38-20-16-12-8-4/h21-24,33-34H,5-20H2,1-4H3. The summed E-state index contributed by atoms with van der Waals surface area (Å²) in [4.78, 5) is 1.53. The lowest BCUT2D eigenvalue weighted by atomic mass is 10.2. The van der Waals surface area contributed by atoms with Gasteiger partial charge >= 0.3 is 0 Å². The molecule has 0 fully saturated rings. The predicted octanol–water partition coefficient (Wildman–Crippen LogP) is 9.52. The van der Waals surface area contributed by atoms with Gasteiger partial charge in [0.2, 0.25) is 0 Å². The molecule has 0 spiro atoms. The van der Waals surface area contributed by atoms with Gasteiger partial charge in [-0.05, 0) is 25.7 Å². The molecule has 2 aromatic carbocycles. The SMILES string of the molecule is CCCCCOc1cc(O)cc(OCCCCC)c1Sc1c(OCCCCC)cc(O)cc1OCCCCC. The first-order chi connectivity index (χ1) is 19.0. The summed E-state index contributed by atoms with van der Waals surface area (Å²) in [5.41, 5.74) is 0. The second-order valence-corrected chi connectivity index (χ2v) is 10.9. The molecule has 0 unspecified atom stereocenters. The van der Waals surface area contributed by atoms with Gasteiger partial charge < -0.3 is 29.2 Å². The summed E-state index contributed by atoms with van der Waals surface area (Å²) in [6.45, 7) is 10.8. The molecule has 0 atom stereocenters. The van der Waals surface area contributed by atoms with Crippen LogP contribution >= 0.6 is 11.8 Å². The van der Waals surface area contributed by atoms with Crippen LogP contribution in [0.2, 0.25) is 0 Å². The second kappa shape index (κ2) is 19.6. The third kappa shape index (κ3) is 12.1. The molecule has 0 aliphatic heterocycles. The molecule has 39 heavy (non-hydrogen) atoms. The van der Waals surface area contributed by atoms with Crippen molar-refractivity contribution in [2.24, 2.45) is 0 Å². The molecule has 220 valence electrons. The summed E-state index contributed by atoms with van der Waals surface area (Å²) in [7, 11) is 0. The van der Waals surface area contributed by atoms with Gasteiger partial charge in [-0.2, -0.15) is 0 Å². The zero-order chi connectivity index (χ0) is 28.3. The van der Waals surface area contributed by atoms with Crippen LogP contribution in [-0.2, 0) is 0 Å². The van der Waals surface area contributed by atoms with Crippen molar-refractivity contribution in [2.75, 3.05) is 26.4 Å². The average molecular weight is 563 g/mol. The van der Waals surface area contributed by atoms with E-state index in [9.17, 15) is 10.2 Å². The topological polar surface area (TPSA) is 77.4 Å². The molecular formula is C32H50O6S. The summed E-state index contributed by atoms with van der Waals surface area (Å²) < 4.78 is 24.8. The summed E-state index contributed by atoms with van der Waals surface area (Å²) >= 11 is 1.44. The van der Waals surface area contributed by atoms with E-state index in [1.807, 2.05) is 0 Å². The zero-order valence-electron chi connectivity index (χ0n) is 24.6. The number of hydrogen-bond donors (Lipinski definition) is 2. The van der Waals surface area contributed by atoms with Crippen LogP contribution in [0.3, 0.4) is 0 Å². The van der Waals surface area contributed by atoms with E-state index in [1.54, 1.807) is 24.3 Å². The Morgan fingerprint density at radius 3 is 0.949 bits per heavy atom. The zero-order valence-corrected chi connectivity index (χ0v) is 25.4. The van der Waals surface area contributed by atoms with E-state index in [0.717, 1.165) is 86.8 Å². The molecule has 0 bridgehead atoms. The highest BCUT2D eigenvalue weighted by molar-refractivity contribution is 7.99. The molecule has 6 nitrogen and oxygen atoms in total. The normalized spacial score (nSPS) is 11.0. The van der Waals surface area contributed by atoms with Crippen molar-refractivity contribution < 1.29 is 29.2 Å². The Kier molecular flexibility index (Phi) is 16.5. The number of unbranched alkanes of at least 4 members (excludes halogenated alkanes) is 8. The maximum Gasteiger partial charge on any atom is 0.140 e. The minimum absolute atomic E-state index is 0.105. The van der Waals surface area contributed by atoms with Crippen molar-refractivity contribution in [1.29, 1.82) is 0 Å². The van der Waals surface area contributed by atoms with Gasteiger partial charge in [-0.3, -0.25) is 0 Å². The first kappa shape index (κ1) is 32.8. The molecule has 2 rings (SSSR count). The molecule has 0 aliphatic carbocycles. The van der Waals surface area contributed by atoms with Crippen molar-refractivity contribution in [3.8, 4) is 34.5 Å². The predicted molar refractivity (Wildman–Crippen MR) is 160 cm³/mol. The Hall–Kier alpha value is -2.41. The molecule has 0 saturated carbocycles. The first-order valence-electron chi connectivity index (χ1n) is 15.0. The van der Waals surface area contributed by atoms with Gasteiger partial charge in [0.15, 0.2) is 0 Å². The molecule has 0 aliphatic rings.